The fraction of sp³-hybridized carbons (Fsp3) is 0.312. The van der Waals surface area contributed by atoms with Crippen molar-refractivity contribution in [3.63, 3.8) is 0 Å². The largest absolute Gasteiger partial charge is 0.352 e. The fourth-order valence-corrected chi connectivity index (χ4v) is 3.42. The highest BCUT2D eigenvalue weighted by atomic mass is 32.1. The van der Waals surface area contributed by atoms with Crippen molar-refractivity contribution in [2.45, 2.75) is 6.92 Å². The molecular weight excluding hydrogens is 322 g/mol. The van der Waals surface area contributed by atoms with Gasteiger partial charge in [-0.1, -0.05) is 17.4 Å². The molecule has 0 spiro atoms. The molecule has 0 saturated carbocycles. The van der Waals surface area contributed by atoms with Crippen LogP contribution in [-0.2, 0) is 0 Å². The van der Waals surface area contributed by atoms with Gasteiger partial charge in [0.25, 0.3) is 0 Å². The Labute approximate surface area is 144 Å². The number of pyridine rings is 1. The summed E-state index contributed by atoms with van der Waals surface area (Å²) in [6.07, 6.45) is 1.76. The highest BCUT2D eigenvalue weighted by Gasteiger charge is 2.20. The molecule has 0 N–H and O–H groups in total. The Morgan fingerprint density at radius 3 is 2.29 bits per heavy atom. The second kappa shape index (κ2) is 6.48. The third-order valence-electron chi connectivity index (χ3n) is 3.97. The SMILES string of the molecule is Cc1nnc(N2CCN(c3ccc(-c4ccccn4)nn3)CC2)s1. The van der Waals surface area contributed by atoms with Crippen LogP contribution < -0.4 is 9.80 Å². The summed E-state index contributed by atoms with van der Waals surface area (Å²) in [6.45, 7) is 5.61. The molecule has 24 heavy (non-hydrogen) atoms. The van der Waals surface area contributed by atoms with E-state index in [0.717, 1.165) is 53.5 Å². The van der Waals surface area contributed by atoms with Crippen molar-refractivity contribution in [3.05, 3.63) is 41.5 Å². The van der Waals surface area contributed by atoms with Gasteiger partial charge in [0, 0.05) is 32.4 Å². The van der Waals surface area contributed by atoms with Crippen molar-refractivity contribution in [3.8, 4) is 11.4 Å². The Bertz CT molecular complexity index is 795. The summed E-state index contributed by atoms with van der Waals surface area (Å²) < 4.78 is 0. The highest BCUT2D eigenvalue weighted by Crippen LogP contribution is 2.23. The van der Waals surface area contributed by atoms with E-state index in [2.05, 4.69) is 35.2 Å². The van der Waals surface area contributed by atoms with E-state index >= 15 is 0 Å². The van der Waals surface area contributed by atoms with Crippen LogP contribution in [-0.4, -0.2) is 51.6 Å². The first kappa shape index (κ1) is 14.9. The molecule has 3 aromatic rings. The quantitative estimate of drug-likeness (QED) is 0.723. The van der Waals surface area contributed by atoms with Crippen LogP contribution in [0.15, 0.2) is 36.5 Å². The van der Waals surface area contributed by atoms with Gasteiger partial charge in [0.1, 0.15) is 10.7 Å². The fourth-order valence-electron chi connectivity index (χ4n) is 2.69. The number of anilines is 2. The number of nitrogens with zero attached hydrogens (tertiary/aromatic N) is 7. The molecule has 7 nitrogen and oxygen atoms in total. The van der Waals surface area contributed by atoms with Crippen LogP contribution in [0.1, 0.15) is 5.01 Å². The topological polar surface area (TPSA) is 70.9 Å². The molecule has 4 heterocycles. The lowest BCUT2D eigenvalue weighted by Gasteiger charge is -2.34. The highest BCUT2D eigenvalue weighted by molar-refractivity contribution is 7.15. The molecule has 4 rings (SSSR count). The predicted octanol–water partition coefficient (Wildman–Crippen LogP) is 2.03. The maximum atomic E-state index is 4.37. The van der Waals surface area contributed by atoms with Gasteiger partial charge in [0.2, 0.25) is 5.13 Å². The number of hydrogen-bond donors (Lipinski definition) is 0. The lowest BCUT2D eigenvalue weighted by Crippen LogP contribution is -2.46. The number of aromatic nitrogens is 5. The second-order valence-corrected chi connectivity index (χ2v) is 6.73. The lowest BCUT2D eigenvalue weighted by atomic mass is 10.2. The summed E-state index contributed by atoms with van der Waals surface area (Å²) in [4.78, 5) is 8.83. The van der Waals surface area contributed by atoms with Gasteiger partial charge in [-0.25, -0.2) is 0 Å². The van der Waals surface area contributed by atoms with Crippen molar-refractivity contribution in [2.75, 3.05) is 36.0 Å². The average molecular weight is 339 g/mol. The van der Waals surface area contributed by atoms with Crippen LogP contribution in [0.5, 0.6) is 0 Å². The number of aryl methyl sites for hydroxylation is 1. The Morgan fingerprint density at radius 2 is 1.67 bits per heavy atom. The number of hydrogen-bond acceptors (Lipinski definition) is 8. The van der Waals surface area contributed by atoms with Gasteiger partial charge in [0.15, 0.2) is 5.82 Å². The minimum atomic E-state index is 0.794. The van der Waals surface area contributed by atoms with Crippen molar-refractivity contribution in [2.24, 2.45) is 0 Å². The van der Waals surface area contributed by atoms with Crippen molar-refractivity contribution in [1.29, 1.82) is 0 Å². The van der Waals surface area contributed by atoms with Crippen LogP contribution in [0.2, 0.25) is 0 Å². The summed E-state index contributed by atoms with van der Waals surface area (Å²) in [5.41, 5.74) is 1.63. The normalized spacial score (nSPS) is 14.9. The zero-order chi connectivity index (χ0) is 16.4. The van der Waals surface area contributed by atoms with E-state index in [-0.39, 0.29) is 0 Å². The molecular formula is C16H17N7S. The molecule has 122 valence electrons. The molecule has 0 bridgehead atoms. The Hall–Kier alpha value is -2.61. The third kappa shape index (κ3) is 3.05. The lowest BCUT2D eigenvalue weighted by molar-refractivity contribution is 0.640. The van der Waals surface area contributed by atoms with Crippen LogP contribution in [0.3, 0.4) is 0 Å². The van der Waals surface area contributed by atoms with Gasteiger partial charge in [-0.15, -0.1) is 20.4 Å². The molecule has 1 aliphatic rings. The maximum Gasteiger partial charge on any atom is 0.208 e. The summed E-state index contributed by atoms with van der Waals surface area (Å²) in [6, 6.07) is 9.77. The van der Waals surface area contributed by atoms with E-state index in [4.69, 9.17) is 0 Å². The van der Waals surface area contributed by atoms with Gasteiger partial charge >= 0.3 is 0 Å². The van der Waals surface area contributed by atoms with Crippen molar-refractivity contribution >= 4 is 22.3 Å². The number of piperazine rings is 1. The van der Waals surface area contributed by atoms with Gasteiger partial charge < -0.3 is 9.80 Å². The first-order valence-electron chi connectivity index (χ1n) is 7.85. The maximum absolute atomic E-state index is 4.37. The van der Waals surface area contributed by atoms with E-state index in [1.54, 1.807) is 17.5 Å². The molecule has 1 fully saturated rings. The molecule has 0 unspecified atom stereocenters. The summed E-state index contributed by atoms with van der Waals surface area (Å²) in [5.74, 6) is 0.905. The Morgan fingerprint density at radius 1 is 0.833 bits per heavy atom. The smallest absolute Gasteiger partial charge is 0.208 e. The third-order valence-corrected chi connectivity index (χ3v) is 4.87. The monoisotopic (exact) mass is 339 g/mol. The molecule has 0 atom stereocenters. The Balaban J connectivity index is 1.42. The second-order valence-electron chi connectivity index (χ2n) is 5.57. The van der Waals surface area contributed by atoms with E-state index in [9.17, 15) is 0 Å². The van der Waals surface area contributed by atoms with Crippen LogP contribution in [0.25, 0.3) is 11.4 Å². The summed E-state index contributed by atoms with van der Waals surface area (Å²) >= 11 is 1.64. The molecule has 1 aliphatic heterocycles. The van der Waals surface area contributed by atoms with E-state index in [1.165, 1.54) is 0 Å². The molecule has 0 aliphatic carbocycles. The van der Waals surface area contributed by atoms with Crippen molar-refractivity contribution < 1.29 is 0 Å². The van der Waals surface area contributed by atoms with E-state index in [0.29, 0.717) is 0 Å². The summed E-state index contributed by atoms with van der Waals surface area (Å²) in [5, 5.41) is 19.0. The van der Waals surface area contributed by atoms with Crippen LogP contribution in [0.4, 0.5) is 10.9 Å². The molecule has 8 heteroatoms. The van der Waals surface area contributed by atoms with Crippen molar-refractivity contribution in [1.82, 2.24) is 25.4 Å². The van der Waals surface area contributed by atoms with E-state index in [1.807, 2.05) is 37.3 Å². The van der Waals surface area contributed by atoms with Crippen LogP contribution in [0, 0.1) is 6.92 Å². The van der Waals surface area contributed by atoms with E-state index < -0.39 is 0 Å². The predicted molar refractivity (Wildman–Crippen MR) is 94.3 cm³/mol. The minimum absolute atomic E-state index is 0.794. The average Bonchev–Trinajstić information content (AvgIpc) is 3.09. The zero-order valence-corrected chi connectivity index (χ0v) is 14.1. The minimum Gasteiger partial charge on any atom is -0.352 e. The van der Waals surface area contributed by atoms with Gasteiger partial charge in [-0.05, 0) is 31.2 Å². The first-order chi connectivity index (χ1) is 11.8. The Kier molecular flexibility index (Phi) is 4.04. The zero-order valence-electron chi connectivity index (χ0n) is 13.3. The molecule has 0 radical (unpaired) electrons. The van der Waals surface area contributed by atoms with Gasteiger partial charge in [-0.3, -0.25) is 4.98 Å². The van der Waals surface area contributed by atoms with Gasteiger partial charge in [-0.2, -0.15) is 0 Å². The molecule has 1 saturated heterocycles. The van der Waals surface area contributed by atoms with Crippen LogP contribution >= 0.6 is 11.3 Å². The standard InChI is InChI=1S/C16H17N7S/c1-12-18-21-16(24-12)23-10-8-22(9-11-23)15-6-5-14(19-20-15)13-4-2-3-7-17-13/h2-7H,8-11H2,1H3. The van der Waals surface area contributed by atoms with Gasteiger partial charge in [0.05, 0.1) is 5.69 Å². The number of rotatable bonds is 3. The first-order valence-corrected chi connectivity index (χ1v) is 8.66. The summed E-state index contributed by atoms with van der Waals surface area (Å²) in [7, 11) is 0. The molecule has 0 amide bonds. The molecule has 0 aromatic carbocycles. The molecule has 3 aromatic heterocycles.